The molecule has 0 aromatic carbocycles. The molecule has 3 unspecified atom stereocenters. The van der Waals surface area contributed by atoms with Crippen LogP contribution in [0, 0.1) is 0 Å². The van der Waals surface area contributed by atoms with Crippen molar-refractivity contribution >= 4 is 0 Å². The summed E-state index contributed by atoms with van der Waals surface area (Å²) in [6.07, 6.45) is -0.916. The van der Waals surface area contributed by atoms with E-state index in [1.807, 2.05) is 63.3 Å². The molecule has 0 fully saturated rings. The molecule has 0 amide bonds. The molecule has 0 radical (unpaired) electrons. The molecule has 5 N–H and O–H groups in total. The number of nitrogens with zero attached hydrogens (tertiary/aromatic N) is 9. The van der Waals surface area contributed by atoms with Crippen LogP contribution in [-0.2, 0) is 4.74 Å². The Bertz CT molecular complexity index is 672. The SMILES string of the molecule is CC(O)CN(CCN(C)C)CC(C)O.CC(O)CN(CCN(C)C)CCN(C)C.CN(C)CCN(C)CCO.CN(C)CCOCCN(C)CCO. The van der Waals surface area contributed by atoms with Gasteiger partial charge < -0.3 is 64.6 Å². The van der Waals surface area contributed by atoms with Gasteiger partial charge in [-0.15, -0.1) is 0 Å². The predicted molar refractivity (Wildman–Crippen MR) is 221 cm³/mol. The van der Waals surface area contributed by atoms with Gasteiger partial charge in [-0.3, -0.25) is 9.80 Å². The molecule has 0 heterocycles. The number of aliphatic hydroxyl groups excluding tert-OH is 5. The third kappa shape index (κ3) is 56.1. The molecule has 320 valence electrons. The van der Waals surface area contributed by atoms with Crippen molar-refractivity contribution in [2.45, 2.75) is 39.1 Å². The summed E-state index contributed by atoms with van der Waals surface area (Å²) in [4.78, 5) is 19.2. The first-order valence-electron chi connectivity index (χ1n) is 19.1. The summed E-state index contributed by atoms with van der Waals surface area (Å²) in [6.45, 7) is 20.7. The topological polar surface area (TPSA) is 140 Å². The lowest BCUT2D eigenvalue weighted by atomic mass is 10.3. The summed E-state index contributed by atoms with van der Waals surface area (Å²) >= 11 is 0. The van der Waals surface area contributed by atoms with Gasteiger partial charge >= 0.3 is 0 Å². The molecule has 52 heavy (non-hydrogen) atoms. The summed E-state index contributed by atoms with van der Waals surface area (Å²) in [6, 6.07) is 0. The van der Waals surface area contributed by atoms with E-state index >= 15 is 0 Å². The van der Waals surface area contributed by atoms with Crippen molar-refractivity contribution in [2.24, 2.45) is 0 Å². The maximum Gasteiger partial charge on any atom is 0.0639 e. The average molecular weight is 758 g/mol. The van der Waals surface area contributed by atoms with Gasteiger partial charge in [0.2, 0.25) is 0 Å². The highest BCUT2D eigenvalue weighted by molar-refractivity contribution is 4.66. The maximum atomic E-state index is 9.38. The van der Waals surface area contributed by atoms with E-state index in [-0.39, 0.29) is 31.5 Å². The highest BCUT2D eigenvalue weighted by Crippen LogP contribution is 1.96. The van der Waals surface area contributed by atoms with Gasteiger partial charge in [0.1, 0.15) is 0 Å². The number of aliphatic hydroxyl groups is 5. The summed E-state index contributed by atoms with van der Waals surface area (Å²) < 4.78 is 5.40. The highest BCUT2D eigenvalue weighted by atomic mass is 16.5. The van der Waals surface area contributed by atoms with E-state index in [4.69, 9.17) is 14.9 Å². The van der Waals surface area contributed by atoms with Crippen LogP contribution in [0.1, 0.15) is 20.8 Å². The quantitative estimate of drug-likeness (QED) is 0.0584. The van der Waals surface area contributed by atoms with E-state index < -0.39 is 0 Å². The van der Waals surface area contributed by atoms with Crippen LogP contribution in [0.15, 0.2) is 0 Å². The van der Waals surface area contributed by atoms with Gasteiger partial charge in [-0.1, -0.05) is 0 Å². The van der Waals surface area contributed by atoms with Gasteiger partial charge in [-0.25, -0.2) is 0 Å². The molecular weight excluding hydrogens is 666 g/mol. The highest BCUT2D eigenvalue weighted by Gasteiger charge is 2.11. The van der Waals surface area contributed by atoms with Gasteiger partial charge in [-0.05, 0) is 105 Å². The second kappa shape index (κ2) is 40.1. The monoisotopic (exact) mass is 758 g/mol. The average Bonchev–Trinajstić information content (AvgIpc) is 3.00. The summed E-state index contributed by atoms with van der Waals surface area (Å²) in [7, 11) is 24.5. The van der Waals surface area contributed by atoms with Gasteiger partial charge in [0.25, 0.3) is 0 Å². The Morgan fingerprint density at radius 1 is 0.365 bits per heavy atom. The summed E-state index contributed by atoms with van der Waals surface area (Å²) in [5.41, 5.74) is 0. The zero-order valence-electron chi connectivity index (χ0n) is 36.8. The van der Waals surface area contributed by atoms with Crippen LogP contribution in [0.25, 0.3) is 0 Å². The Labute approximate surface area is 322 Å². The normalized spacial score (nSPS) is 13.6. The van der Waals surface area contributed by atoms with Crippen LogP contribution in [0.5, 0.6) is 0 Å². The van der Waals surface area contributed by atoms with Crippen LogP contribution < -0.4 is 0 Å². The Kier molecular flexibility index (Phi) is 44.8. The minimum absolute atomic E-state index is 0.216. The minimum atomic E-state index is -0.337. The van der Waals surface area contributed by atoms with Crippen molar-refractivity contribution in [3.8, 4) is 0 Å². The van der Waals surface area contributed by atoms with Gasteiger partial charge in [0.05, 0.1) is 44.7 Å². The van der Waals surface area contributed by atoms with Gasteiger partial charge in [0, 0.05) is 98.2 Å². The van der Waals surface area contributed by atoms with E-state index in [1.54, 1.807) is 13.8 Å². The van der Waals surface area contributed by atoms with Crippen molar-refractivity contribution in [2.75, 3.05) is 209 Å². The maximum absolute atomic E-state index is 9.38. The predicted octanol–water partition coefficient (Wildman–Crippen LogP) is -1.64. The second-order valence-corrected chi connectivity index (χ2v) is 15.3. The lowest BCUT2D eigenvalue weighted by Gasteiger charge is -2.26. The molecule has 0 rings (SSSR count). The first-order valence-corrected chi connectivity index (χ1v) is 19.1. The molecule has 0 aliphatic heterocycles. The Hall–Kier alpha value is -0.600. The molecule has 0 saturated heterocycles. The van der Waals surface area contributed by atoms with E-state index in [0.29, 0.717) is 13.1 Å². The van der Waals surface area contributed by atoms with Crippen molar-refractivity contribution < 1.29 is 30.3 Å². The zero-order chi connectivity index (χ0) is 41.1. The van der Waals surface area contributed by atoms with Crippen molar-refractivity contribution in [3.05, 3.63) is 0 Å². The number of hydrogen-bond donors (Lipinski definition) is 5. The molecule has 0 spiro atoms. The van der Waals surface area contributed by atoms with Crippen molar-refractivity contribution in [1.29, 1.82) is 0 Å². The fraction of sp³-hybridized carbons (Fsp3) is 1.00. The van der Waals surface area contributed by atoms with Gasteiger partial charge in [0.15, 0.2) is 0 Å². The molecular formula is C37H91N9O6. The number of rotatable bonds is 28. The number of hydrogen-bond acceptors (Lipinski definition) is 15. The molecule has 0 aromatic heterocycles. The number of ether oxygens (including phenoxy) is 1. The van der Waals surface area contributed by atoms with Crippen LogP contribution in [0.2, 0.25) is 0 Å². The molecule has 0 bridgehead atoms. The fourth-order valence-electron chi connectivity index (χ4n) is 4.20. The Morgan fingerprint density at radius 3 is 0.981 bits per heavy atom. The standard InChI is InChI=1S/C11H27N3O.C10H24N2O2.C9H22N2O2.C7H18N2O/c1-11(15)10-14(8-6-12(2)3)9-7-13(4)5;1-9(13)7-12(8-10(2)14)6-5-11(3)4;1-10(2)5-8-13-9-6-11(3)4-7-12;1-8(2)4-5-9(3)6-7-10/h11,15H,6-10H2,1-5H3;9-10,13-14H,5-8H2,1-4H3;12H,4-9H2,1-3H3;10H,4-7H2,1-3H3. The largest absolute Gasteiger partial charge is 0.395 e. The van der Waals surface area contributed by atoms with Crippen molar-refractivity contribution in [1.82, 2.24) is 44.1 Å². The molecule has 0 aromatic rings. The van der Waals surface area contributed by atoms with Crippen LogP contribution in [0.4, 0.5) is 0 Å². The fourth-order valence-corrected chi connectivity index (χ4v) is 4.20. The smallest absolute Gasteiger partial charge is 0.0639 e. The lowest BCUT2D eigenvalue weighted by molar-refractivity contribution is 0.0796. The van der Waals surface area contributed by atoms with Gasteiger partial charge in [-0.2, -0.15) is 0 Å². The first-order chi connectivity index (χ1) is 24.2. The van der Waals surface area contributed by atoms with Crippen LogP contribution >= 0.6 is 0 Å². The Balaban J connectivity index is -0.000000298. The molecule has 0 aliphatic carbocycles. The zero-order valence-corrected chi connectivity index (χ0v) is 36.8. The summed E-state index contributed by atoms with van der Waals surface area (Å²) in [5, 5.41) is 45.1. The van der Waals surface area contributed by atoms with Crippen LogP contribution in [0.3, 0.4) is 0 Å². The second-order valence-electron chi connectivity index (χ2n) is 15.3. The summed E-state index contributed by atoms with van der Waals surface area (Å²) in [5.74, 6) is 0. The van der Waals surface area contributed by atoms with Crippen molar-refractivity contribution in [3.63, 3.8) is 0 Å². The number of likely N-dealkylation sites (N-methyl/N-ethyl adjacent to an activating group) is 7. The molecule has 0 saturated carbocycles. The van der Waals surface area contributed by atoms with Crippen LogP contribution in [-0.4, -0.2) is 297 Å². The minimum Gasteiger partial charge on any atom is -0.395 e. The van der Waals surface area contributed by atoms with E-state index in [0.717, 1.165) is 98.3 Å². The molecule has 0 aliphatic rings. The van der Waals surface area contributed by atoms with E-state index in [9.17, 15) is 15.3 Å². The Morgan fingerprint density at radius 2 is 0.654 bits per heavy atom. The third-order valence-electron chi connectivity index (χ3n) is 7.35. The molecule has 3 atom stereocenters. The third-order valence-corrected chi connectivity index (χ3v) is 7.35. The van der Waals surface area contributed by atoms with E-state index in [1.165, 1.54) is 0 Å². The lowest BCUT2D eigenvalue weighted by Crippen LogP contribution is -2.40. The first kappa shape index (κ1) is 58.1. The molecule has 15 nitrogen and oxygen atoms in total. The molecule has 15 heteroatoms. The van der Waals surface area contributed by atoms with E-state index in [2.05, 4.69) is 72.3 Å².